The van der Waals surface area contributed by atoms with E-state index in [9.17, 15) is 0 Å². The lowest BCUT2D eigenvalue weighted by molar-refractivity contribution is 0.241. The predicted octanol–water partition coefficient (Wildman–Crippen LogP) is 2.58. The third-order valence-corrected chi connectivity index (χ3v) is 3.18. The summed E-state index contributed by atoms with van der Waals surface area (Å²) < 4.78 is 5.72. The molecule has 5 nitrogen and oxygen atoms in total. The minimum Gasteiger partial charge on any atom is -0.489 e. The van der Waals surface area contributed by atoms with Gasteiger partial charge in [-0.25, -0.2) is 0 Å². The molecule has 2 aromatic rings. The molecule has 1 N–H and O–H groups in total. The smallest absolute Gasteiger partial charge is 0.138 e. The van der Waals surface area contributed by atoms with E-state index in [1.165, 1.54) is 0 Å². The van der Waals surface area contributed by atoms with Crippen molar-refractivity contribution in [3.63, 3.8) is 0 Å². The van der Waals surface area contributed by atoms with Crippen molar-refractivity contribution in [3.05, 3.63) is 47.0 Å². The number of nitrogens with one attached hydrogen (secondary N) is 1. The van der Waals surface area contributed by atoms with Gasteiger partial charge in [0.1, 0.15) is 5.75 Å². The van der Waals surface area contributed by atoms with Gasteiger partial charge >= 0.3 is 0 Å². The van der Waals surface area contributed by atoms with E-state index < -0.39 is 0 Å². The lowest BCUT2D eigenvalue weighted by atomic mass is 9.99. The van der Waals surface area contributed by atoms with Gasteiger partial charge in [-0.05, 0) is 58.0 Å². The van der Waals surface area contributed by atoms with E-state index in [0.717, 1.165) is 28.3 Å². The summed E-state index contributed by atoms with van der Waals surface area (Å²) in [5, 5.41) is 11.6. The molecule has 0 aliphatic carbocycles. The Bertz CT molecular complexity index is 613. The maximum Gasteiger partial charge on any atom is 0.138 e. The van der Waals surface area contributed by atoms with Gasteiger partial charge in [-0.15, -0.1) is 0 Å². The second kappa shape index (κ2) is 6.63. The summed E-state index contributed by atoms with van der Waals surface area (Å²) >= 11 is 0. The Morgan fingerprint density at radius 1 is 1.10 bits per heavy atom. The van der Waals surface area contributed by atoms with E-state index >= 15 is 0 Å². The largest absolute Gasteiger partial charge is 0.489 e. The molecule has 0 amide bonds. The lowest BCUT2D eigenvalue weighted by Gasteiger charge is -2.19. The second-order valence-corrected chi connectivity index (χ2v) is 5.37. The van der Waals surface area contributed by atoms with Crippen LogP contribution in [0.3, 0.4) is 0 Å². The first kappa shape index (κ1) is 15.4. The summed E-state index contributed by atoms with van der Waals surface area (Å²) in [6, 6.07) is 4.09. The Morgan fingerprint density at radius 3 is 2.52 bits per heavy atom. The number of nitrogens with zero attached hydrogens (tertiary/aromatic N) is 3. The summed E-state index contributed by atoms with van der Waals surface area (Å²) in [5.74, 6) is 0.777. The molecule has 0 spiro atoms. The van der Waals surface area contributed by atoms with Crippen molar-refractivity contribution < 1.29 is 4.74 Å². The molecular weight excluding hydrogens is 264 g/mol. The highest BCUT2D eigenvalue weighted by Gasteiger charge is 2.17. The minimum absolute atomic E-state index is 0.0161. The fourth-order valence-electron chi connectivity index (χ4n) is 2.29. The van der Waals surface area contributed by atoms with Crippen LogP contribution in [-0.2, 0) is 0 Å². The zero-order valence-corrected chi connectivity index (χ0v) is 13.2. The molecule has 0 aromatic carbocycles. The minimum atomic E-state index is 0.0161. The average molecular weight is 286 g/mol. The van der Waals surface area contributed by atoms with Crippen LogP contribution in [-0.4, -0.2) is 28.3 Å². The number of pyridine rings is 1. The van der Waals surface area contributed by atoms with E-state index in [0.29, 0.717) is 0 Å². The summed E-state index contributed by atoms with van der Waals surface area (Å²) in [6.45, 7) is 7.91. The Kier molecular flexibility index (Phi) is 4.85. The third-order valence-electron chi connectivity index (χ3n) is 3.18. The van der Waals surface area contributed by atoms with Crippen LogP contribution in [0.15, 0.2) is 24.5 Å². The van der Waals surface area contributed by atoms with Crippen LogP contribution in [0, 0.1) is 13.8 Å². The Labute approximate surface area is 125 Å². The van der Waals surface area contributed by atoms with Gasteiger partial charge in [0.25, 0.3) is 0 Å². The molecule has 0 radical (unpaired) electrons. The van der Waals surface area contributed by atoms with Crippen LogP contribution in [0.2, 0.25) is 0 Å². The number of rotatable bonds is 5. The topological polar surface area (TPSA) is 59.9 Å². The van der Waals surface area contributed by atoms with Crippen molar-refractivity contribution in [3.8, 4) is 5.75 Å². The fourth-order valence-corrected chi connectivity index (χ4v) is 2.29. The molecular formula is C16H22N4O. The van der Waals surface area contributed by atoms with Crippen LogP contribution in [0.25, 0.3) is 0 Å². The van der Waals surface area contributed by atoms with E-state index in [4.69, 9.17) is 4.74 Å². The average Bonchev–Trinajstić information content (AvgIpc) is 2.43. The molecule has 1 unspecified atom stereocenters. The molecule has 0 fully saturated rings. The van der Waals surface area contributed by atoms with Crippen molar-refractivity contribution in [2.45, 2.75) is 39.8 Å². The second-order valence-electron chi connectivity index (χ2n) is 5.37. The third kappa shape index (κ3) is 3.76. The summed E-state index contributed by atoms with van der Waals surface area (Å²) in [7, 11) is 1.93. The first-order valence-corrected chi connectivity index (χ1v) is 7.11. The van der Waals surface area contributed by atoms with Crippen LogP contribution in [0.4, 0.5) is 0 Å². The predicted molar refractivity (Wildman–Crippen MR) is 82.4 cm³/mol. The molecule has 2 heterocycles. The van der Waals surface area contributed by atoms with Crippen LogP contribution in [0.5, 0.6) is 5.75 Å². The first-order chi connectivity index (χ1) is 10.0. The number of ether oxygens (including phenoxy) is 1. The van der Waals surface area contributed by atoms with Crippen molar-refractivity contribution >= 4 is 0 Å². The number of aryl methyl sites for hydroxylation is 2. The molecule has 5 heteroatoms. The van der Waals surface area contributed by atoms with E-state index in [1.807, 2.05) is 47.0 Å². The molecule has 112 valence electrons. The fraction of sp³-hybridized carbons (Fsp3) is 0.438. The normalized spacial score (nSPS) is 12.5. The molecule has 0 saturated heterocycles. The van der Waals surface area contributed by atoms with Gasteiger partial charge in [0, 0.05) is 6.20 Å². The van der Waals surface area contributed by atoms with E-state index in [-0.39, 0.29) is 12.1 Å². The van der Waals surface area contributed by atoms with Crippen LogP contribution >= 0.6 is 0 Å². The molecule has 0 saturated carbocycles. The maximum absolute atomic E-state index is 5.72. The van der Waals surface area contributed by atoms with Crippen molar-refractivity contribution in [1.29, 1.82) is 0 Å². The molecule has 0 aliphatic heterocycles. The number of aromatic nitrogens is 3. The molecule has 1 atom stereocenters. The van der Waals surface area contributed by atoms with Crippen LogP contribution in [0.1, 0.15) is 42.4 Å². The van der Waals surface area contributed by atoms with Crippen molar-refractivity contribution in [2.75, 3.05) is 7.05 Å². The lowest BCUT2D eigenvalue weighted by Crippen LogP contribution is -2.20. The van der Waals surface area contributed by atoms with E-state index in [2.05, 4.69) is 26.6 Å². The highest BCUT2D eigenvalue weighted by atomic mass is 16.5. The standard InChI is InChI=1S/C16H22N4O/c1-10(2)21-14-7-13(8-18-9-14)16(17-5)15-6-11(3)19-20-12(15)4/h6-10,16-17H,1-5H3. The Balaban J connectivity index is 2.39. The molecule has 0 aliphatic rings. The molecule has 2 aromatic heterocycles. The quantitative estimate of drug-likeness (QED) is 0.915. The highest BCUT2D eigenvalue weighted by Crippen LogP contribution is 2.26. The monoisotopic (exact) mass is 286 g/mol. The molecule has 0 bridgehead atoms. The van der Waals surface area contributed by atoms with E-state index in [1.54, 1.807) is 6.20 Å². The van der Waals surface area contributed by atoms with Gasteiger partial charge in [0.2, 0.25) is 0 Å². The van der Waals surface area contributed by atoms with Crippen molar-refractivity contribution in [2.24, 2.45) is 0 Å². The Hall–Kier alpha value is -2.01. The van der Waals surface area contributed by atoms with Gasteiger partial charge in [-0.2, -0.15) is 10.2 Å². The SMILES string of the molecule is CNC(c1cncc(OC(C)C)c1)c1cc(C)nnc1C. The summed E-state index contributed by atoms with van der Waals surface area (Å²) in [5.41, 5.74) is 3.97. The van der Waals surface area contributed by atoms with Gasteiger partial charge in [0.05, 0.1) is 29.7 Å². The van der Waals surface area contributed by atoms with Crippen molar-refractivity contribution in [1.82, 2.24) is 20.5 Å². The van der Waals surface area contributed by atoms with Gasteiger partial charge in [-0.1, -0.05) is 0 Å². The molecule has 21 heavy (non-hydrogen) atoms. The Morgan fingerprint density at radius 2 is 1.86 bits per heavy atom. The van der Waals surface area contributed by atoms with Gasteiger partial charge < -0.3 is 10.1 Å². The first-order valence-electron chi connectivity index (χ1n) is 7.11. The summed E-state index contributed by atoms with van der Waals surface area (Å²) in [6.07, 6.45) is 3.71. The van der Waals surface area contributed by atoms with Crippen LogP contribution < -0.4 is 10.1 Å². The van der Waals surface area contributed by atoms with Gasteiger partial charge in [0.15, 0.2) is 0 Å². The molecule has 2 rings (SSSR count). The number of hydrogen-bond donors (Lipinski definition) is 1. The highest BCUT2D eigenvalue weighted by molar-refractivity contribution is 5.36. The van der Waals surface area contributed by atoms with Gasteiger partial charge in [-0.3, -0.25) is 4.98 Å². The summed E-state index contributed by atoms with van der Waals surface area (Å²) in [4.78, 5) is 4.28. The number of hydrogen-bond acceptors (Lipinski definition) is 5. The zero-order chi connectivity index (χ0) is 15.4. The maximum atomic E-state index is 5.72. The zero-order valence-electron chi connectivity index (χ0n) is 13.2.